The number of rotatable bonds is 7. The van der Waals surface area contributed by atoms with E-state index in [2.05, 4.69) is 43.2 Å². The number of benzene rings is 1. The van der Waals surface area contributed by atoms with Crippen LogP contribution >= 0.6 is 11.3 Å². The van der Waals surface area contributed by atoms with E-state index < -0.39 is 0 Å². The predicted molar refractivity (Wildman–Crippen MR) is 104 cm³/mol. The molecule has 1 aromatic carbocycles. The van der Waals surface area contributed by atoms with E-state index in [9.17, 15) is 4.79 Å². The number of aliphatic hydroxyl groups is 1. The fourth-order valence-corrected chi connectivity index (χ4v) is 3.41. The summed E-state index contributed by atoms with van der Waals surface area (Å²) in [4.78, 5) is 18.7. The standard InChI is InChI=1S/C19H27N3O2S/c1-12(2)22(6-7-23)10-18(24)21-19-20-17(11-25-19)16-9-14(4)13(3)8-15(16)5/h8-9,11-12,23H,6-7,10H2,1-5H3,(H,20,21,24). The van der Waals surface area contributed by atoms with Crippen molar-refractivity contribution in [2.24, 2.45) is 0 Å². The lowest BCUT2D eigenvalue weighted by molar-refractivity contribution is -0.117. The van der Waals surface area contributed by atoms with Gasteiger partial charge in [0.05, 0.1) is 18.8 Å². The Morgan fingerprint density at radius 1 is 1.24 bits per heavy atom. The van der Waals surface area contributed by atoms with E-state index in [0.29, 0.717) is 11.7 Å². The van der Waals surface area contributed by atoms with E-state index in [-0.39, 0.29) is 25.1 Å². The van der Waals surface area contributed by atoms with E-state index in [0.717, 1.165) is 11.3 Å². The minimum atomic E-state index is -0.111. The summed E-state index contributed by atoms with van der Waals surface area (Å²) in [7, 11) is 0. The maximum atomic E-state index is 12.2. The van der Waals surface area contributed by atoms with E-state index in [1.54, 1.807) is 0 Å². The average molecular weight is 362 g/mol. The van der Waals surface area contributed by atoms with Gasteiger partial charge in [0.1, 0.15) is 0 Å². The van der Waals surface area contributed by atoms with Crippen molar-refractivity contribution in [1.82, 2.24) is 9.88 Å². The van der Waals surface area contributed by atoms with Crippen LogP contribution in [0.1, 0.15) is 30.5 Å². The van der Waals surface area contributed by atoms with Gasteiger partial charge in [0.2, 0.25) is 5.91 Å². The monoisotopic (exact) mass is 361 g/mol. The normalized spacial score (nSPS) is 11.4. The molecule has 1 aromatic heterocycles. The highest BCUT2D eigenvalue weighted by Gasteiger charge is 2.15. The summed E-state index contributed by atoms with van der Waals surface area (Å²) in [5.74, 6) is -0.111. The van der Waals surface area contributed by atoms with Gasteiger partial charge < -0.3 is 10.4 Å². The Morgan fingerprint density at radius 3 is 2.56 bits per heavy atom. The average Bonchev–Trinajstić information content (AvgIpc) is 2.98. The highest BCUT2D eigenvalue weighted by Crippen LogP contribution is 2.29. The van der Waals surface area contributed by atoms with Crippen LogP contribution in [0.2, 0.25) is 0 Å². The van der Waals surface area contributed by atoms with Crippen molar-refractivity contribution in [2.75, 3.05) is 25.0 Å². The molecule has 0 radical (unpaired) electrons. The number of carbonyl (C=O) groups is 1. The number of amides is 1. The zero-order valence-electron chi connectivity index (χ0n) is 15.6. The number of hydrogen-bond acceptors (Lipinski definition) is 5. The Labute approximate surface area is 153 Å². The number of aromatic nitrogens is 1. The van der Waals surface area contributed by atoms with Gasteiger partial charge in [0.25, 0.3) is 0 Å². The second-order valence-electron chi connectivity index (χ2n) is 6.63. The van der Waals surface area contributed by atoms with E-state index in [4.69, 9.17) is 5.11 Å². The summed E-state index contributed by atoms with van der Waals surface area (Å²) in [6.07, 6.45) is 0. The van der Waals surface area contributed by atoms with Gasteiger partial charge in [-0.1, -0.05) is 6.07 Å². The molecule has 2 rings (SSSR count). The first-order valence-electron chi connectivity index (χ1n) is 8.50. The topological polar surface area (TPSA) is 65.5 Å². The molecular formula is C19H27N3O2S. The molecule has 2 N–H and O–H groups in total. The Hall–Kier alpha value is -1.76. The third-order valence-electron chi connectivity index (χ3n) is 4.33. The number of aliphatic hydroxyl groups excluding tert-OH is 1. The molecule has 0 aliphatic rings. The van der Waals surface area contributed by atoms with Gasteiger partial charge in [-0.25, -0.2) is 4.98 Å². The second-order valence-corrected chi connectivity index (χ2v) is 7.48. The van der Waals surface area contributed by atoms with Gasteiger partial charge in [-0.2, -0.15) is 0 Å². The Morgan fingerprint density at radius 2 is 1.92 bits per heavy atom. The Balaban J connectivity index is 2.09. The van der Waals surface area contributed by atoms with Crippen LogP contribution in [0.3, 0.4) is 0 Å². The third-order valence-corrected chi connectivity index (χ3v) is 5.09. The number of nitrogens with zero attached hydrogens (tertiary/aromatic N) is 2. The Kier molecular flexibility index (Phi) is 6.70. The summed E-state index contributed by atoms with van der Waals surface area (Å²) in [5, 5.41) is 14.5. The SMILES string of the molecule is Cc1cc(C)c(-c2csc(NC(=O)CN(CCO)C(C)C)n2)cc1C. The van der Waals surface area contributed by atoms with Crippen LogP contribution in [0, 0.1) is 20.8 Å². The molecule has 0 unspecified atom stereocenters. The minimum Gasteiger partial charge on any atom is -0.395 e. The van der Waals surface area contributed by atoms with Gasteiger partial charge in [0.15, 0.2) is 5.13 Å². The van der Waals surface area contributed by atoms with Crippen molar-refractivity contribution in [3.05, 3.63) is 34.2 Å². The fraction of sp³-hybridized carbons (Fsp3) is 0.474. The third kappa shape index (κ3) is 5.11. The lowest BCUT2D eigenvalue weighted by Crippen LogP contribution is -2.39. The van der Waals surface area contributed by atoms with Gasteiger partial charge in [-0.3, -0.25) is 9.69 Å². The number of thiazole rings is 1. The summed E-state index contributed by atoms with van der Waals surface area (Å²) in [6, 6.07) is 4.51. The molecule has 0 aliphatic heterocycles. The van der Waals surface area contributed by atoms with Gasteiger partial charge in [-0.05, 0) is 57.4 Å². The number of aryl methyl sites for hydroxylation is 3. The first kappa shape index (κ1) is 19.6. The smallest absolute Gasteiger partial charge is 0.240 e. The zero-order valence-corrected chi connectivity index (χ0v) is 16.4. The highest BCUT2D eigenvalue weighted by atomic mass is 32.1. The van der Waals surface area contributed by atoms with E-state index in [1.807, 2.05) is 24.1 Å². The molecule has 1 amide bonds. The zero-order chi connectivity index (χ0) is 18.6. The van der Waals surface area contributed by atoms with Crippen molar-refractivity contribution < 1.29 is 9.90 Å². The van der Waals surface area contributed by atoms with E-state index >= 15 is 0 Å². The lowest BCUT2D eigenvalue weighted by atomic mass is 9.99. The van der Waals surface area contributed by atoms with Crippen LogP contribution < -0.4 is 5.32 Å². The molecule has 25 heavy (non-hydrogen) atoms. The molecule has 0 bridgehead atoms. The molecule has 1 heterocycles. The van der Waals surface area contributed by atoms with Crippen LogP contribution in [0.15, 0.2) is 17.5 Å². The van der Waals surface area contributed by atoms with Crippen LogP contribution in [-0.4, -0.2) is 46.6 Å². The molecule has 0 spiro atoms. The van der Waals surface area contributed by atoms with E-state index in [1.165, 1.54) is 28.0 Å². The van der Waals surface area contributed by atoms with Crippen molar-refractivity contribution in [2.45, 2.75) is 40.7 Å². The molecule has 5 nitrogen and oxygen atoms in total. The number of carbonyl (C=O) groups excluding carboxylic acids is 1. The molecular weight excluding hydrogens is 334 g/mol. The van der Waals surface area contributed by atoms with Crippen molar-refractivity contribution in [1.29, 1.82) is 0 Å². The molecule has 0 fully saturated rings. The number of hydrogen-bond donors (Lipinski definition) is 2. The summed E-state index contributed by atoms with van der Waals surface area (Å²) in [5.41, 5.74) is 5.67. The van der Waals surface area contributed by atoms with Crippen LogP contribution in [0.25, 0.3) is 11.3 Å². The summed E-state index contributed by atoms with van der Waals surface area (Å²) in [6.45, 7) is 11.1. The fourth-order valence-electron chi connectivity index (χ4n) is 2.68. The molecule has 0 aliphatic carbocycles. The minimum absolute atomic E-state index is 0.0406. The first-order chi connectivity index (χ1) is 11.8. The summed E-state index contributed by atoms with van der Waals surface area (Å²) < 4.78 is 0. The van der Waals surface area contributed by atoms with Gasteiger partial charge in [0, 0.05) is 23.5 Å². The largest absolute Gasteiger partial charge is 0.395 e. The van der Waals surface area contributed by atoms with Crippen molar-refractivity contribution in [3.63, 3.8) is 0 Å². The maximum absolute atomic E-state index is 12.2. The van der Waals surface area contributed by atoms with Crippen molar-refractivity contribution in [3.8, 4) is 11.3 Å². The molecule has 0 atom stereocenters. The lowest BCUT2D eigenvalue weighted by Gasteiger charge is -2.24. The van der Waals surface area contributed by atoms with Crippen LogP contribution in [-0.2, 0) is 4.79 Å². The molecule has 0 saturated heterocycles. The van der Waals surface area contributed by atoms with Crippen molar-refractivity contribution >= 4 is 22.4 Å². The molecule has 6 heteroatoms. The number of anilines is 1. The molecule has 0 saturated carbocycles. The highest BCUT2D eigenvalue weighted by molar-refractivity contribution is 7.14. The predicted octanol–water partition coefficient (Wildman–Crippen LogP) is 3.38. The Bertz CT molecular complexity index is 740. The molecule has 2 aromatic rings. The summed E-state index contributed by atoms with van der Waals surface area (Å²) >= 11 is 1.43. The van der Waals surface area contributed by atoms with Gasteiger partial charge in [-0.15, -0.1) is 11.3 Å². The number of nitrogens with one attached hydrogen (secondary N) is 1. The second kappa shape index (κ2) is 8.56. The maximum Gasteiger partial charge on any atom is 0.240 e. The quantitative estimate of drug-likeness (QED) is 0.793. The first-order valence-corrected chi connectivity index (χ1v) is 9.38. The van der Waals surface area contributed by atoms with Crippen LogP contribution in [0.4, 0.5) is 5.13 Å². The van der Waals surface area contributed by atoms with Gasteiger partial charge >= 0.3 is 0 Å². The van der Waals surface area contributed by atoms with Crippen LogP contribution in [0.5, 0.6) is 0 Å². The molecule has 136 valence electrons.